The monoisotopic (exact) mass is 383 g/mol. The predicted molar refractivity (Wildman–Crippen MR) is 115 cm³/mol. The summed E-state index contributed by atoms with van der Waals surface area (Å²) in [5.74, 6) is 0.445. The van der Waals surface area contributed by atoms with Crippen LogP contribution in [0.4, 0.5) is 0 Å². The fourth-order valence-electron chi connectivity index (χ4n) is 3.25. The van der Waals surface area contributed by atoms with Gasteiger partial charge < -0.3 is 9.47 Å². The van der Waals surface area contributed by atoms with E-state index in [1.165, 1.54) is 11.1 Å². The molecule has 0 fully saturated rings. The first kappa shape index (κ1) is 18.7. The average molecular weight is 383 g/mol. The fourth-order valence-corrected chi connectivity index (χ4v) is 3.25. The van der Waals surface area contributed by atoms with Gasteiger partial charge in [0.1, 0.15) is 0 Å². The number of para-hydroxylation sites is 3. The summed E-state index contributed by atoms with van der Waals surface area (Å²) in [7, 11) is 1.55. The lowest BCUT2D eigenvalue weighted by Crippen LogP contribution is -2.10. The highest BCUT2D eigenvalue weighted by atomic mass is 16.6. The van der Waals surface area contributed by atoms with E-state index in [2.05, 4.69) is 26.0 Å². The number of hydrogen-bond donors (Lipinski definition) is 0. The Labute approximate surface area is 169 Å². The van der Waals surface area contributed by atoms with Crippen LogP contribution in [-0.2, 0) is 0 Å². The van der Waals surface area contributed by atoms with Gasteiger partial charge in [-0.05, 0) is 55.3 Å². The Morgan fingerprint density at radius 2 is 1.55 bits per heavy atom. The first-order valence-electron chi connectivity index (χ1n) is 9.39. The van der Waals surface area contributed by atoms with E-state index in [4.69, 9.17) is 14.5 Å². The Bertz CT molecular complexity index is 1210. The molecule has 0 aliphatic heterocycles. The lowest BCUT2D eigenvalue weighted by atomic mass is 10.0. The number of carbonyl (C=O) groups is 1. The van der Waals surface area contributed by atoms with Crippen molar-refractivity contribution in [1.29, 1.82) is 0 Å². The molecular formula is C25H21NO3. The highest BCUT2D eigenvalue weighted by Crippen LogP contribution is 2.30. The van der Waals surface area contributed by atoms with E-state index < -0.39 is 5.97 Å². The minimum absolute atomic E-state index is 0.383. The van der Waals surface area contributed by atoms with Crippen molar-refractivity contribution in [3.63, 3.8) is 0 Å². The van der Waals surface area contributed by atoms with Crippen molar-refractivity contribution in [3.8, 4) is 22.8 Å². The lowest BCUT2D eigenvalue weighted by Gasteiger charge is -2.12. The summed E-state index contributed by atoms with van der Waals surface area (Å²) in [4.78, 5) is 17.9. The van der Waals surface area contributed by atoms with Gasteiger partial charge in [0.15, 0.2) is 11.5 Å². The Balaban J connectivity index is 1.82. The van der Waals surface area contributed by atoms with Crippen LogP contribution in [0.3, 0.4) is 0 Å². The van der Waals surface area contributed by atoms with E-state index in [1.807, 2.05) is 36.4 Å². The van der Waals surface area contributed by atoms with Gasteiger partial charge in [-0.3, -0.25) is 0 Å². The molecular weight excluding hydrogens is 362 g/mol. The van der Waals surface area contributed by atoms with Crippen LogP contribution >= 0.6 is 0 Å². The molecule has 4 nitrogen and oxygen atoms in total. The fraction of sp³-hybridized carbons (Fsp3) is 0.120. The van der Waals surface area contributed by atoms with Gasteiger partial charge in [0.05, 0.1) is 23.9 Å². The number of rotatable bonds is 4. The number of carbonyl (C=O) groups excluding carboxylic acids is 1. The highest BCUT2D eigenvalue weighted by molar-refractivity contribution is 6.05. The van der Waals surface area contributed by atoms with E-state index >= 15 is 0 Å². The molecule has 144 valence electrons. The second-order valence-corrected chi connectivity index (χ2v) is 6.91. The zero-order valence-corrected chi connectivity index (χ0v) is 16.6. The van der Waals surface area contributed by atoms with Crippen LogP contribution < -0.4 is 9.47 Å². The molecule has 0 saturated heterocycles. The van der Waals surface area contributed by atoms with E-state index in [-0.39, 0.29) is 0 Å². The van der Waals surface area contributed by atoms with Crippen LogP contribution in [0.2, 0.25) is 0 Å². The van der Waals surface area contributed by atoms with Gasteiger partial charge in [0.25, 0.3) is 0 Å². The molecule has 4 rings (SSSR count). The summed E-state index contributed by atoms with van der Waals surface area (Å²) in [6.45, 7) is 4.14. The quantitative estimate of drug-likeness (QED) is 0.333. The zero-order valence-electron chi connectivity index (χ0n) is 16.6. The summed E-state index contributed by atoms with van der Waals surface area (Å²) < 4.78 is 11.0. The average Bonchev–Trinajstić information content (AvgIpc) is 2.75. The largest absolute Gasteiger partial charge is 0.493 e. The minimum atomic E-state index is -0.446. The third-order valence-corrected chi connectivity index (χ3v) is 5.01. The Morgan fingerprint density at radius 3 is 2.31 bits per heavy atom. The number of nitrogens with zero attached hydrogens (tertiary/aromatic N) is 1. The van der Waals surface area contributed by atoms with Crippen LogP contribution in [0.1, 0.15) is 21.5 Å². The maximum atomic E-state index is 13.1. The topological polar surface area (TPSA) is 48.4 Å². The molecule has 1 aromatic heterocycles. The molecule has 0 bridgehead atoms. The van der Waals surface area contributed by atoms with E-state index in [9.17, 15) is 4.79 Å². The van der Waals surface area contributed by atoms with Gasteiger partial charge in [-0.1, -0.05) is 42.5 Å². The van der Waals surface area contributed by atoms with Gasteiger partial charge in [-0.2, -0.15) is 0 Å². The number of hydrogen-bond acceptors (Lipinski definition) is 4. The van der Waals surface area contributed by atoms with Crippen molar-refractivity contribution in [2.45, 2.75) is 13.8 Å². The van der Waals surface area contributed by atoms with Gasteiger partial charge in [-0.25, -0.2) is 9.78 Å². The van der Waals surface area contributed by atoms with Crippen molar-refractivity contribution in [2.75, 3.05) is 7.11 Å². The molecule has 4 aromatic rings. The highest BCUT2D eigenvalue weighted by Gasteiger charge is 2.17. The number of aromatic nitrogens is 1. The summed E-state index contributed by atoms with van der Waals surface area (Å²) >= 11 is 0. The van der Waals surface area contributed by atoms with Gasteiger partial charge in [0.2, 0.25) is 0 Å². The van der Waals surface area contributed by atoms with Crippen LogP contribution in [0, 0.1) is 13.8 Å². The molecule has 1 heterocycles. The zero-order chi connectivity index (χ0) is 20.4. The smallest absolute Gasteiger partial charge is 0.344 e. The van der Waals surface area contributed by atoms with Crippen molar-refractivity contribution < 1.29 is 14.3 Å². The molecule has 0 unspecified atom stereocenters. The molecule has 0 aliphatic carbocycles. The Morgan fingerprint density at radius 1 is 0.828 bits per heavy atom. The number of fused-ring (bicyclic) bond motifs is 1. The first-order chi connectivity index (χ1) is 14.1. The van der Waals surface area contributed by atoms with Gasteiger partial charge in [0, 0.05) is 10.9 Å². The number of esters is 1. The lowest BCUT2D eigenvalue weighted by molar-refractivity contribution is 0.0732. The molecule has 0 amide bonds. The van der Waals surface area contributed by atoms with E-state index in [0.29, 0.717) is 17.1 Å². The van der Waals surface area contributed by atoms with Crippen molar-refractivity contribution in [2.24, 2.45) is 0 Å². The predicted octanol–water partition coefficient (Wildman–Crippen LogP) is 5.75. The second kappa shape index (κ2) is 7.76. The molecule has 0 atom stereocenters. The third-order valence-electron chi connectivity index (χ3n) is 5.01. The van der Waals surface area contributed by atoms with Gasteiger partial charge in [-0.15, -0.1) is 0 Å². The molecule has 0 spiro atoms. The number of ether oxygens (including phenoxy) is 2. The van der Waals surface area contributed by atoms with Crippen molar-refractivity contribution in [1.82, 2.24) is 4.98 Å². The summed E-state index contributed by atoms with van der Waals surface area (Å²) in [6.07, 6.45) is 0. The summed E-state index contributed by atoms with van der Waals surface area (Å²) in [5.41, 5.74) is 5.30. The molecule has 3 aromatic carbocycles. The van der Waals surface area contributed by atoms with Gasteiger partial charge >= 0.3 is 5.97 Å². The second-order valence-electron chi connectivity index (χ2n) is 6.91. The van der Waals surface area contributed by atoms with Crippen LogP contribution in [0.15, 0.2) is 72.8 Å². The number of aryl methyl sites for hydroxylation is 2. The van der Waals surface area contributed by atoms with Crippen molar-refractivity contribution in [3.05, 3.63) is 89.5 Å². The molecule has 29 heavy (non-hydrogen) atoms. The first-order valence-corrected chi connectivity index (χ1v) is 9.39. The number of benzene rings is 3. The third kappa shape index (κ3) is 3.69. The SMILES string of the molecule is COc1ccccc1OC(=O)c1cc(-c2ccc(C)c(C)c2)nc2ccccc12. The molecule has 0 radical (unpaired) electrons. The maximum Gasteiger partial charge on any atom is 0.344 e. The van der Waals surface area contributed by atoms with E-state index in [0.717, 1.165) is 22.2 Å². The van der Waals surface area contributed by atoms with E-state index in [1.54, 1.807) is 31.4 Å². The number of methoxy groups -OCH3 is 1. The number of pyridine rings is 1. The van der Waals surface area contributed by atoms with Crippen LogP contribution in [0.5, 0.6) is 11.5 Å². The summed E-state index contributed by atoms with van der Waals surface area (Å²) in [6, 6.07) is 22.7. The van der Waals surface area contributed by atoms with Crippen LogP contribution in [0.25, 0.3) is 22.2 Å². The molecule has 0 aliphatic rings. The Kier molecular flexibility index (Phi) is 5.00. The molecule has 0 saturated carbocycles. The maximum absolute atomic E-state index is 13.1. The normalized spacial score (nSPS) is 10.7. The molecule has 4 heteroatoms. The minimum Gasteiger partial charge on any atom is -0.493 e. The molecule has 0 N–H and O–H groups in total. The Hall–Kier alpha value is -3.66. The van der Waals surface area contributed by atoms with Crippen LogP contribution in [-0.4, -0.2) is 18.1 Å². The summed E-state index contributed by atoms with van der Waals surface area (Å²) in [5, 5.41) is 0.750. The standard InChI is InChI=1S/C25H21NO3/c1-16-12-13-18(14-17(16)2)22-15-20(19-8-4-5-9-21(19)26-22)25(27)29-24-11-7-6-10-23(24)28-3/h4-15H,1-3H3. The van der Waals surface area contributed by atoms with Crippen molar-refractivity contribution >= 4 is 16.9 Å².